The first-order chi connectivity index (χ1) is 10.7. The van der Waals surface area contributed by atoms with Gasteiger partial charge in [-0.25, -0.2) is 9.18 Å². The van der Waals surface area contributed by atoms with Gasteiger partial charge >= 0.3 is 6.09 Å². The van der Waals surface area contributed by atoms with Crippen molar-refractivity contribution < 1.29 is 23.8 Å². The molecule has 6 nitrogen and oxygen atoms in total. The van der Waals surface area contributed by atoms with E-state index in [0.29, 0.717) is 12.1 Å². The van der Waals surface area contributed by atoms with Crippen molar-refractivity contribution in [2.24, 2.45) is 0 Å². The molecule has 128 valence electrons. The van der Waals surface area contributed by atoms with E-state index in [-0.39, 0.29) is 25.0 Å². The minimum atomic E-state index is -0.622. The third-order valence-electron chi connectivity index (χ3n) is 3.48. The van der Waals surface area contributed by atoms with Crippen molar-refractivity contribution in [1.82, 2.24) is 4.90 Å². The normalized spacial score (nSPS) is 21.3. The molecule has 1 saturated heterocycles. The molecule has 0 aliphatic carbocycles. The Labute approximate surface area is 135 Å². The predicted octanol–water partition coefficient (Wildman–Crippen LogP) is 2.16. The van der Waals surface area contributed by atoms with Gasteiger partial charge in [-0.3, -0.25) is 4.90 Å². The van der Waals surface area contributed by atoms with Gasteiger partial charge in [0.1, 0.15) is 23.3 Å². The monoisotopic (exact) mass is 326 g/mol. The van der Waals surface area contributed by atoms with Gasteiger partial charge in [-0.15, -0.1) is 0 Å². The summed E-state index contributed by atoms with van der Waals surface area (Å²) in [5, 5.41) is 9.48. The van der Waals surface area contributed by atoms with Gasteiger partial charge in [0, 0.05) is 12.5 Å². The summed E-state index contributed by atoms with van der Waals surface area (Å²) < 4.78 is 24.3. The van der Waals surface area contributed by atoms with Gasteiger partial charge in [-0.2, -0.15) is 0 Å². The van der Waals surface area contributed by atoms with Crippen molar-refractivity contribution in [1.29, 1.82) is 0 Å². The minimum Gasteiger partial charge on any atom is -0.486 e. The molecule has 1 fully saturated rings. The summed E-state index contributed by atoms with van der Waals surface area (Å²) in [6, 6.07) is 3.49. The maximum Gasteiger partial charge on any atom is 0.410 e. The van der Waals surface area contributed by atoms with Crippen LogP contribution in [-0.4, -0.2) is 47.0 Å². The highest BCUT2D eigenvalue weighted by atomic mass is 19.1. The molecular formula is C16H23FN2O4. The number of benzene rings is 1. The van der Waals surface area contributed by atoms with Crippen LogP contribution in [0.5, 0.6) is 5.75 Å². The fraction of sp³-hybridized carbons (Fsp3) is 0.562. The molecule has 1 aromatic rings. The Morgan fingerprint density at radius 1 is 1.48 bits per heavy atom. The largest absolute Gasteiger partial charge is 0.486 e. The molecule has 1 aromatic carbocycles. The third kappa shape index (κ3) is 4.48. The van der Waals surface area contributed by atoms with E-state index in [9.17, 15) is 14.3 Å². The Morgan fingerprint density at radius 3 is 2.78 bits per heavy atom. The van der Waals surface area contributed by atoms with Gasteiger partial charge < -0.3 is 20.3 Å². The van der Waals surface area contributed by atoms with E-state index >= 15 is 0 Å². The summed E-state index contributed by atoms with van der Waals surface area (Å²) in [4.78, 5) is 13.6. The highest BCUT2D eigenvalue weighted by Gasteiger charge is 2.38. The maximum atomic E-state index is 13.3. The van der Waals surface area contributed by atoms with Crippen molar-refractivity contribution >= 4 is 11.8 Å². The van der Waals surface area contributed by atoms with Crippen LogP contribution in [0.4, 0.5) is 14.9 Å². The molecule has 2 rings (SSSR count). The maximum absolute atomic E-state index is 13.3. The van der Waals surface area contributed by atoms with Crippen LogP contribution in [0.2, 0.25) is 0 Å². The van der Waals surface area contributed by atoms with Crippen molar-refractivity contribution in [3.05, 3.63) is 24.0 Å². The number of rotatable bonds is 3. The van der Waals surface area contributed by atoms with Crippen LogP contribution in [-0.2, 0) is 4.74 Å². The van der Waals surface area contributed by atoms with E-state index in [1.807, 2.05) is 0 Å². The number of anilines is 1. The number of nitrogen functional groups attached to an aromatic ring is 1. The van der Waals surface area contributed by atoms with Crippen molar-refractivity contribution in [3.8, 4) is 5.75 Å². The summed E-state index contributed by atoms with van der Waals surface area (Å²) in [7, 11) is 0. The Kier molecular flexibility index (Phi) is 4.99. The highest BCUT2D eigenvalue weighted by Crippen LogP contribution is 2.28. The average Bonchev–Trinajstić information content (AvgIpc) is 2.84. The Hall–Kier alpha value is -2.02. The van der Waals surface area contributed by atoms with Gasteiger partial charge in [-0.05, 0) is 32.9 Å². The third-order valence-corrected chi connectivity index (χ3v) is 3.48. The Balaban J connectivity index is 2.06. The molecular weight excluding hydrogens is 303 g/mol. The van der Waals surface area contributed by atoms with E-state index in [1.54, 1.807) is 20.8 Å². The van der Waals surface area contributed by atoms with Crippen LogP contribution in [0.15, 0.2) is 18.2 Å². The minimum absolute atomic E-state index is 0.197. The number of nitrogens with two attached hydrogens (primary N) is 1. The lowest BCUT2D eigenvalue weighted by molar-refractivity contribution is 0.0166. The van der Waals surface area contributed by atoms with Crippen LogP contribution in [0.25, 0.3) is 0 Å². The van der Waals surface area contributed by atoms with E-state index in [0.717, 1.165) is 0 Å². The van der Waals surface area contributed by atoms with Gasteiger partial charge in [0.15, 0.2) is 0 Å². The summed E-state index contributed by atoms with van der Waals surface area (Å²) in [5.41, 5.74) is 5.47. The first-order valence-corrected chi connectivity index (χ1v) is 7.52. The van der Waals surface area contributed by atoms with E-state index in [4.69, 9.17) is 15.2 Å². The standard InChI is InChI=1S/C16H23FN2O4/c1-16(2,3)23-15(21)19-8-12(7-11(19)9-20)22-14-6-10(17)4-5-13(14)18/h4-6,11-12,20H,7-9,18H2,1-3H3/t11-,12-/m0/s1. The quantitative estimate of drug-likeness (QED) is 0.832. The van der Waals surface area contributed by atoms with Crippen LogP contribution >= 0.6 is 0 Å². The summed E-state index contributed by atoms with van der Waals surface area (Å²) in [6.45, 7) is 5.37. The van der Waals surface area contributed by atoms with E-state index < -0.39 is 23.6 Å². The first kappa shape index (κ1) is 17.3. The second kappa shape index (κ2) is 6.62. The predicted molar refractivity (Wildman–Crippen MR) is 83.7 cm³/mol. The molecule has 7 heteroatoms. The Morgan fingerprint density at radius 2 is 2.17 bits per heavy atom. The fourth-order valence-corrected chi connectivity index (χ4v) is 2.47. The lowest BCUT2D eigenvalue weighted by Crippen LogP contribution is -2.41. The molecule has 0 aromatic heterocycles. The number of ether oxygens (including phenoxy) is 2. The number of amides is 1. The Bertz CT molecular complexity index is 574. The number of nitrogens with zero attached hydrogens (tertiary/aromatic N) is 1. The molecule has 0 radical (unpaired) electrons. The number of likely N-dealkylation sites (tertiary alicyclic amines) is 1. The molecule has 0 unspecified atom stereocenters. The first-order valence-electron chi connectivity index (χ1n) is 7.52. The summed E-state index contributed by atoms with van der Waals surface area (Å²) >= 11 is 0. The zero-order valence-electron chi connectivity index (χ0n) is 13.6. The van der Waals surface area contributed by atoms with Crippen LogP contribution < -0.4 is 10.5 Å². The lowest BCUT2D eigenvalue weighted by atomic mass is 10.2. The van der Waals surface area contributed by atoms with Crippen LogP contribution in [0.1, 0.15) is 27.2 Å². The molecule has 1 aliphatic rings. The molecule has 3 N–H and O–H groups in total. The van der Waals surface area contributed by atoms with Gasteiger partial charge in [0.2, 0.25) is 0 Å². The number of aliphatic hydroxyl groups is 1. The molecule has 0 saturated carbocycles. The van der Waals surface area contributed by atoms with Crippen molar-refractivity contribution in [2.75, 3.05) is 18.9 Å². The van der Waals surface area contributed by atoms with Crippen molar-refractivity contribution in [2.45, 2.75) is 44.9 Å². The molecule has 2 atom stereocenters. The zero-order valence-corrected chi connectivity index (χ0v) is 13.6. The summed E-state index contributed by atoms with van der Waals surface area (Å²) in [5.74, 6) is -0.215. The van der Waals surface area contributed by atoms with Gasteiger partial charge in [0.25, 0.3) is 0 Å². The molecule has 1 amide bonds. The molecule has 23 heavy (non-hydrogen) atoms. The molecule has 0 bridgehead atoms. The number of halogens is 1. The lowest BCUT2D eigenvalue weighted by Gasteiger charge is -2.27. The number of aliphatic hydroxyl groups excluding tert-OH is 1. The second-order valence-electron chi connectivity index (χ2n) is 6.63. The number of hydrogen-bond acceptors (Lipinski definition) is 5. The topological polar surface area (TPSA) is 85.0 Å². The van der Waals surface area contributed by atoms with Crippen molar-refractivity contribution in [3.63, 3.8) is 0 Å². The van der Waals surface area contributed by atoms with Gasteiger partial charge in [-0.1, -0.05) is 0 Å². The van der Waals surface area contributed by atoms with Crippen LogP contribution in [0, 0.1) is 5.82 Å². The SMILES string of the molecule is CC(C)(C)OC(=O)N1C[C@@H](Oc2cc(F)ccc2N)C[C@H]1CO. The van der Waals surface area contributed by atoms with E-state index in [1.165, 1.54) is 23.1 Å². The van der Waals surface area contributed by atoms with Gasteiger partial charge in [0.05, 0.1) is 24.9 Å². The smallest absolute Gasteiger partial charge is 0.410 e. The summed E-state index contributed by atoms with van der Waals surface area (Å²) in [6.07, 6.45) is -0.468. The zero-order chi connectivity index (χ0) is 17.2. The molecule has 1 heterocycles. The number of hydrogen-bond donors (Lipinski definition) is 2. The van der Waals surface area contributed by atoms with Crippen LogP contribution in [0.3, 0.4) is 0 Å². The molecule has 0 spiro atoms. The second-order valence-corrected chi connectivity index (χ2v) is 6.63. The fourth-order valence-electron chi connectivity index (χ4n) is 2.47. The number of carbonyl (C=O) groups excluding carboxylic acids is 1. The highest BCUT2D eigenvalue weighted by molar-refractivity contribution is 5.69. The molecule has 1 aliphatic heterocycles. The number of carbonyl (C=O) groups is 1. The van der Waals surface area contributed by atoms with E-state index in [2.05, 4.69) is 0 Å². The average molecular weight is 326 g/mol.